The molecule has 0 radical (unpaired) electrons. The summed E-state index contributed by atoms with van der Waals surface area (Å²) in [7, 11) is 0. The molecular formula is C10H13NO3. The van der Waals surface area contributed by atoms with Crippen molar-refractivity contribution in [1.29, 1.82) is 0 Å². The van der Waals surface area contributed by atoms with Crippen molar-refractivity contribution in [2.45, 2.75) is 0 Å². The summed E-state index contributed by atoms with van der Waals surface area (Å²) in [6, 6.07) is 0. The van der Waals surface area contributed by atoms with Crippen LogP contribution in [0.4, 0.5) is 0 Å². The molecule has 0 aliphatic heterocycles. The lowest BCUT2D eigenvalue weighted by atomic mass is 10.2. The monoisotopic (exact) mass is 195 g/mol. The maximum atomic E-state index is 10.9. The maximum Gasteiger partial charge on any atom is 0.325 e. The van der Waals surface area contributed by atoms with Gasteiger partial charge in [0.1, 0.15) is 13.2 Å². The minimum atomic E-state index is -0.492. The Bertz CT molecular complexity index is 256. The van der Waals surface area contributed by atoms with Gasteiger partial charge >= 0.3 is 5.97 Å². The van der Waals surface area contributed by atoms with Crippen LogP contribution in [0.3, 0.4) is 0 Å². The van der Waals surface area contributed by atoms with Crippen LogP contribution in [0.5, 0.6) is 0 Å². The van der Waals surface area contributed by atoms with Crippen LogP contribution in [0.25, 0.3) is 0 Å². The smallest absolute Gasteiger partial charge is 0.325 e. The van der Waals surface area contributed by atoms with Crippen molar-refractivity contribution in [3.63, 3.8) is 0 Å². The number of allylic oxidation sites excluding steroid dienone is 2. The van der Waals surface area contributed by atoms with Gasteiger partial charge in [0.05, 0.1) is 0 Å². The van der Waals surface area contributed by atoms with E-state index >= 15 is 0 Å². The highest BCUT2D eigenvalue weighted by Gasteiger charge is 2.01. The van der Waals surface area contributed by atoms with Gasteiger partial charge in [0.25, 0.3) is 0 Å². The minimum Gasteiger partial charge on any atom is -0.460 e. The zero-order valence-corrected chi connectivity index (χ0v) is 7.86. The molecule has 0 saturated carbocycles. The molecule has 0 aromatic rings. The Hall–Kier alpha value is -1.84. The van der Waals surface area contributed by atoms with Crippen molar-refractivity contribution in [2.24, 2.45) is 0 Å². The first kappa shape index (κ1) is 12.2. The van der Waals surface area contributed by atoms with Gasteiger partial charge in [0.2, 0.25) is 6.41 Å². The number of ether oxygens (including phenoxy) is 1. The second kappa shape index (κ2) is 7.79. The van der Waals surface area contributed by atoms with E-state index in [-0.39, 0.29) is 13.2 Å². The molecule has 0 aliphatic carbocycles. The molecule has 0 heterocycles. The fourth-order valence-electron chi connectivity index (χ4n) is 0.666. The second-order valence-corrected chi connectivity index (χ2v) is 2.34. The third-order valence-electron chi connectivity index (χ3n) is 1.32. The largest absolute Gasteiger partial charge is 0.460 e. The Balaban J connectivity index is 3.85. The molecule has 0 rings (SSSR count). The van der Waals surface area contributed by atoms with Crippen molar-refractivity contribution in [2.75, 3.05) is 13.2 Å². The fraction of sp³-hybridized carbons (Fsp3) is 0.200. The number of esters is 1. The Labute approximate surface area is 82.9 Å². The van der Waals surface area contributed by atoms with E-state index < -0.39 is 5.97 Å². The third-order valence-corrected chi connectivity index (χ3v) is 1.32. The van der Waals surface area contributed by atoms with Crippen molar-refractivity contribution in [1.82, 2.24) is 5.32 Å². The molecule has 0 aromatic carbocycles. The van der Waals surface area contributed by atoms with Crippen LogP contribution < -0.4 is 5.32 Å². The van der Waals surface area contributed by atoms with Crippen LogP contribution >= 0.6 is 0 Å². The Morgan fingerprint density at radius 1 is 1.43 bits per heavy atom. The molecule has 0 saturated heterocycles. The lowest BCUT2D eigenvalue weighted by Gasteiger charge is -2.03. The van der Waals surface area contributed by atoms with Crippen LogP contribution in [0.15, 0.2) is 37.0 Å². The second-order valence-electron chi connectivity index (χ2n) is 2.34. The topological polar surface area (TPSA) is 55.4 Å². The minimum absolute atomic E-state index is 0.123. The van der Waals surface area contributed by atoms with Gasteiger partial charge in [-0.15, -0.1) is 0 Å². The molecule has 4 nitrogen and oxygen atoms in total. The van der Waals surface area contributed by atoms with Gasteiger partial charge < -0.3 is 10.1 Å². The number of rotatable bonds is 7. The van der Waals surface area contributed by atoms with E-state index in [1.165, 1.54) is 0 Å². The first-order valence-corrected chi connectivity index (χ1v) is 4.01. The summed E-state index contributed by atoms with van der Waals surface area (Å²) in [6.07, 6.45) is 5.28. The zero-order valence-electron chi connectivity index (χ0n) is 7.86. The molecular weight excluding hydrogens is 182 g/mol. The zero-order chi connectivity index (χ0) is 10.8. The number of amides is 1. The standard InChI is InChI=1S/C10H13NO3/c1-3-5-9(4-2)7-14-10(13)6-11-8-12/h3-5,8H,1-2,6-7H2,(H,11,12)/b9-5+. The molecule has 1 amide bonds. The fourth-order valence-corrected chi connectivity index (χ4v) is 0.666. The van der Waals surface area contributed by atoms with Gasteiger partial charge in [-0.2, -0.15) is 0 Å². The average molecular weight is 195 g/mol. The number of nitrogens with one attached hydrogen (secondary N) is 1. The molecule has 4 heteroatoms. The molecule has 0 unspecified atom stereocenters. The quantitative estimate of drug-likeness (QED) is 0.367. The third kappa shape index (κ3) is 5.77. The lowest BCUT2D eigenvalue weighted by Crippen LogP contribution is -2.23. The molecule has 0 spiro atoms. The number of carbonyl (C=O) groups excluding carboxylic acids is 2. The van der Waals surface area contributed by atoms with Crippen molar-refractivity contribution >= 4 is 12.4 Å². The first-order chi connectivity index (χ1) is 6.74. The maximum absolute atomic E-state index is 10.9. The van der Waals surface area contributed by atoms with E-state index in [1.807, 2.05) is 0 Å². The van der Waals surface area contributed by atoms with Gasteiger partial charge in [0.15, 0.2) is 0 Å². The van der Waals surface area contributed by atoms with Gasteiger partial charge in [-0.1, -0.05) is 31.4 Å². The Morgan fingerprint density at radius 2 is 2.14 bits per heavy atom. The molecule has 1 N–H and O–H groups in total. The van der Waals surface area contributed by atoms with Crippen LogP contribution in [0, 0.1) is 0 Å². The van der Waals surface area contributed by atoms with Gasteiger partial charge in [-0.3, -0.25) is 9.59 Å². The SMILES string of the molecule is C=C/C=C(\C=C)COC(=O)CNC=O. The molecule has 0 bridgehead atoms. The van der Waals surface area contributed by atoms with Crippen LogP contribution in [0.1, 0.15) is 0 Å². The first-order valence-electron chi connectivity index (χ1n) is 4.01. The number of carbonyl (C=O) groups is 2. The Morgan fingerprint density at radius 3 is 2.64 bits per heavy atom. The van der Waals surface area contributed by atoms with Crippen molar-refractivity contribution in [3.8, 4) is 0 Å². The molecule has 0 fully saturated rings. The average Bonchev–Trinajstić information content (AvgIpc) is 2.21. The molecule has 76 valence electrons. The highest BCUT2D eigenvalue weighted by atomic mass is 16.5. The molecule has 0 aliphatic rings. The van der Waals surface area contributed by atoms with E-state index in [1.54, 1.807) is 18.2 Å². The predicted molar refractivity (Wildman–Crippen MR) is 53.5 cm³/mol. The van der Waals surface area contributed by atoms with Crippen LogP contribution in [0.2, 0.25) is 0 Å². The van der Waals surface area contributed by atoms with E-state index in [9.17, 15) is 9.59 Å². The normalized spacial score (nSPS) is 10.1. The van der Waals surface area contributed by atoms with Crippen LogP contribution in [-0.4, -0.2) is 25.5 Å². The van der Waals surface area contributed by atoms with E-state index in [0.717, 1.165) is 5.57 Å². The van der Waals surface area contributed by atoms with Crippen molar-refractivity contribution < 1.29 is 14.3 Å². The Kier molecular flexibility index (Phi) is 6.77. The number of hydrogen-bond donors (Lipinski definition) is 1. The molecule has 0 atom stereocenters. The number of hydrogen-bond acceptors (Lipinski definition) is 3. The molecule has 0 aromatic heterocycles. The summed E-state index contributed by atoms with van der Waals surface area (Å²) < 4.78 is 4.80. The summed E-state index contributed by atoms with van der Waals surface area (Å²) in [4.78, 5) is 20.7. The van der Waals surface area contributed by atoms with E-state index in [0.29, 0.717) is 6.41 Å². The van der Waals surface area contributed by atoms with Gasteiger partial charge in [-0.05, 0) is 5.57 Å². The molecule has 14 heavy (non-hydrogen) atoms. The van der Waals surface area contributed by atoms with E-state index in [4.69, 9.17) is 4.74 Å². The summed E-state index contributed by atoms with van der Waals surface area (Å²) in [5, 5.41) is 2.20. The lowest BCUT2D eigenvalue weighted by molar-refractivity contribution is -0.142. The summed E-state index contributed by atoms with van der Waals surface area (Å²) in [5.74, 6) is -0.492. The highest BCUT2D eigenvalue weighted by Crippen LogP contribution is 1.96. The highest BCUT2D eigenvalue weighted by molar-refractivity contribution is 5.74. The van der Waals surface area contributed by atoms with Gasteiger partial charge in [0, 0.05) is 0 Å². The van der Waals surface area contributed by atoms with E-state index in [2.05, 4.69) is 18.5 Å². The summed E-state index contributed by atoms with van der Waals surface area (Å²) >= 11 is 0. The van der Waals surface area contributed by atoms with Crippen molar-refractivity contribution in [3.05, 3.63) is 37.0 Å². The van der Waals surface area contributed by atoms with Crippen LogP contribution in [-0.2, 0) is 14.3 Å². The summed E-state index contributed by atoms with van der Waals surface area (Å²) in [6.45, 7) is 7.05. The summed E-state index contributed by atoms with van der Waals surface area (Å²) in [5.41, 5.74) is 0.749. The van der Waals surface area contributed by atoms with Gasteiger partial charge in [-0.25, -0.2) is 0 Å². The predicted octanol–water partition coefficient (Wildman–Crippen LogP) is 0.574.